The molecule has 0 bridgehead atoms. The molecule has 7 nitrogen and oxygen atoms in total. The topological polar surface area (TPSA) is 91.2 Å². The normalized spacial score (nSPS) is 15.0. The molecule has 4 rings (SSSR count). The Bertz CT molecular complexity index is 991. The van der Waals surface area contributed by atoms with Crippen LogP contribution in [0.1, 0.15) is 18.5 Å². The van der Waals surface area contributed by atoms with Crippen LogP contribution in [-0.4, -0.2) is 39.1 Å². The van der Waals surface area contributed by atoms with Crippen molar-refractivity contribution >= 4 is 40.2 Å². The first-order valence-corrected chi connectivity index (χ1v) is 9.57. The average Bonchev–Trinajstić information content (AvgIpc) is 2.73. The molecular formula is C20H20ClN5O2. The van der Waals surface area contributed by atoms with Crippen molar-refractivity contribution in [1.29, 1.82) is 0 Å². The van der Waals surface area contributed by atoms with Gasteiger partial charge in [-0.15, -0.1) is 0 Å². The lowest BCUT2D eigenvalue weighted by molar-refractivity contribution is -0.142. The van der Waals surface area contributed by atoms with Gasteiger partial charge in [-0.3, -0.25) is 9.78 Å². The van der Waals surface area contributed by atoms with Crippen LogP contribution in [0, 0.1) is 5.92 Å². The van der Waals surface area contributed by atoms with Crippen molar-refractivity contribution in [2.45, 2.75) is 19.4 Å². The van der Waals surface area contributed by atoms with Gasteiger partial charge < -0.3 is 15.3 Å². The number of carboxylic acid groups (broad SMARTS) is 1. The number of rotatable bonds is 5. The van der Waals surface area contributed by atoms with Gasteiger partial charge in [0.05, 0.1) is 23.7 Å². The van der Waals surface area contributed by atoms with Crippen LogP contribution in [0.5, 0.6) is 0 Å². The second-order valence-electron chi connectivity index (χ2n) is 6.81. The van der Waals surface area contributed by atoms with Gasteiger partial charge in [-0.05, 0) is 43.2 Å². The molecule has 28 heavy (non-hydrogen) atoms. The Balaban J connectivity index is 1.63. The van der Waals surface area contributed by atoms with Crippen LogP contribution in [0.25, 0.3) is 10.9 Å². The van der Waals surface area contributed by atoms with Crippen molar-refractivity contribution in [2.75, 3.05) is 23.3 Å². The molecule has 1 aromatic carbocycles. The molecule has 1 aliphatic heterocycles. The SMILES string of the molecule is O=C(O)C1CCN(c2nc(NCc3ccccn3)c3cc(Cl)ccc3n2)CC1. The third-order valence-electron chi connectivity index (χ3n) is 4.94. The van der Waals surface area contributed by atoms with Crippen LogP contribution in [0.2, 0.25) is 5.02 Å². The van der Waals surface area contributed by atoms with Crippen molar-refractivity contribution in [1.82, 2.24) is 15.0 Å². The van der Waals surface area contributed by atoms with E-state index in [1.807, 2.05) is 35.2 Å². The summed E-state index contributed by atoms with van der Waals surface area (Å²) in [4.78, 5) is 27.0. The van der Waals surface area contributed by atoms with Crippen molar-refractivity contribution in [3.63, 3.8) is 0 Å². The molecule has 1 aliphatic rings. The third-order valence-corrected chi connectivity index (χ3v) is 5.17. The van der Waals surface area contributed by atoms with E-state index in [1.54, 1.807) is 12.3 Å². The van der Waals surface area contributed by atoms with E-state index in [1.165, 1.54) is 0 Å². The molecule has 1 fully saturated rings. The Kier molecular flexibility index (Phi) is 5.25. The Morgan fingerprint density at radius 3 is 2.75 bits per heavy atom. The maximum absolute atomic E-state index is 11.2. The Morgan fingerprint density at radius 1 is 1.21 bits per heavy atom. The third kappa shape index (κ3) is 3.99. The lowest BCUT2D eigenvalue weighted by atomic mass is 9.97. The molecule has 0 saturated carbocycles. The summed E-state index contributed by atoms with van der Waals surface area (Å²) in [6.45, 7) is 1.77. The first-order valence-electron chi connectivity index (χ1n) is 9.19. The number of aromatic nitrogens is 3. The quantitative estimate of drug-likeness (QED) is 0.679. The fourth-order valence-corrected chi connectivity index (χ4v) is 3.54. The summed E-state index contributed by atoms with van der Waals surface area (Å²) < 4.78 is 0. The number of fused-ring (bicyclic) bond motifs is 1. The highest BCUT2D eigenvalue weighted by molar-refractivity contribution is 6.31. The molecule has 144 valence electrons. The number of carboxylic acids is 1. The predicted octanol–water partition coefficient (Wildman–Crippen LogP) is 3.59. The van der Waals surface area contributed by atoms with E-state index in [0.29, 0.717) is 49.3 Å². The number of benzene rings is 1. The van der Waals surface area contributed by atoms with Crippen molar-refractivity contribution < 1.29 is 9.90 Å². The van der Waals surface area contributed by atoms with Gasteiger partial charge in [0, 0.05) is 29.7 Å². The summed E-state index contributed by atoms with van der Waals surface area (Å²) >= 11 is 6.18. The molecule has 2 N–H and O–H groups in total. The number of carbonyl (C=O) groups is 1. The molecule has 0 radical (unpaired) electrons. The summed E-state index contributed by atoms with van der Waals surface area (Å²) in [5.41, 5.74) is 1.69. The Hall–Kier alpha value is -2.93. The number of pyridine rings is 1. The lowest BCUT2D eigenvalue weighted by Gasteiger charge is -2.30. The minimum Gasteiger partial charge on any atom is -0.481 e. The first kappa shape index (κ1) is 18.4. The van der Waals surface area contributed by atoms with E-state index in [0.717, 1.165) is 16.6 Å². The van der Waals surface area contributed by atoms with E-state index < -0.39 is 5.97 Å². The fourth-order valence-electron chi connectivity index (χ4n) is 3.37. The predicted molar refractivity (Wildman–Crippen MR) is 109 cm³/mol. The number of aliphatic carboxylic acids is 1. The Labute approximate surface area is 167 Å². The zero-order valence-corrected chi connectivity index (χ0v) is 15.9. The fraction of sp³-hybridized carbons (Fsp3) is 0.300. The number of hydrogen-bond acceptors (Lipinski definition) is 6. The summed E-state index contributed by atoms with van der Waals surface area (Å²) in [6.07, 6.45) is 2.94. The van der Waals surface area contributed by atoms with E-state index >= 15 is 0 Å². The van der Waals surface area contributed by atoms with Gasteiger partial charge in [-0.2, -0.15) is 4.98 Å². The summed E-state index contributed by atoms with van der Waals surface area (Å²) in [5.74, 6) is 0.263. The Morgan fingerprint density at radius 2 is 2.04 bits per heavy atom. The van der Waals surface area contributed by atoms with Crippen molar-refractivity contribution in [2.24, 2.45) is 5.92 Å². The minimum absolute atomic E-state index is 0.294. The van der Waals surface area contributed by atoms with Crippen LogP contribution in [0.3, 0.4) is 0 Å². The number of nitrogens with zero attached hydrogens (tertiary/aromatic N) is 4. The van der Waals surface area contributed by atoms with E-state index in [9.17, 15) is 9.90 Å². The van der Waals surface area contributed by atoms with E-state index in [2.05, 4.69) is 15.3 Å². The van der Waals surface area contributed by atoms with Crippen LogP contribution < -0.4 is 10.2 Å². The molecule has 0 unspecified atom stereocenters. The number of hydrogen-bond donors (Lipinski definition) is 2. The standard InChI is InChI=1S/C20H20ClN5O2/c21-14-4-5-17-16(11-14)18(23-12-15-3-1-2-8-22-15)25-20(24-17)26-9-6-13(7-10-26)19(27)28/h1-5,8,11,13H,6-7,9-10,12H2,(H,27,28)(H,23,24,25). The molecule has 1 saturated heterocycles. The monoisotopic (exact) mass is 397 g/mol. The summed E-state index contributed by atoms with van der Waals surface area (Å²) in [6, 6.07) is 11.3. The zero-order valence-electron chi connectivity index (χ0n) is 15.2. The average molecular weight is 398 g/mol. The van der Waals surface area contributed by atoms with Gasteiger partial charge in [0.25, 0.3) is 0 Å². The lowest BCUT2D eigenvalue weighted by Crippen LogP contribution is -2.37. The highest BCUT2D eigenvalue weighted by Crippen LogP contribution is 2.28. The van der Waals surface area contributed by atoms with E-state index in [-0.39, 0.29) is 5.92 Å². The van der Waals surface area contributed by atoms with Gasteiger partial charge in [0.2, 0.25) is 5.95 Å². The highest BCUT2D eigenvalue weighted by Gasteiger charge is 2.26. The van der Waals surface area contributed by atoms with Gasteiger partial charge >= 0.3 is 5.97 Å². The van der Waals surface area contributed by atoms with Gasteiger partial charge in [0.1, 0.15) is 5.82 Å². The van der Waals surface area contributed by atoms with Gasteiger partial charge in [-0.1, -0.05) is 17.7 Å². The van der Waals surface area contributed by atoms with Crippen LogP contribution in [-0.2, 0) is 11.3 Å². The van der Waals surface area contributed by atoms with Crippen molar-refractivity contribution in [3.05, 3.63) is 53.3 Å². The summed E-state index contributed by atoms with van der Waals surface area (Å²) in [7, 11) is 0. The zero-order chi connectivity index (χ0) is 19.5. The van der Waals surface area contributed by atoms with Gasteiger partial charge in [0.15, 0.2) is 0 Å². The van der Waals surface area contributed by atoms with Crippen molar-refractivity contribution in [3.8, 4) is 0 Å². The molecule has 8 heteroatoms. The maximum atomic E-state index is 11.2. The maximum Gasteiger partial charge on any atom is 0.306 e. The number of nitrogens with one attached hydrogen (secondary N) is 1. The van der Waals surface area contributed by atoms with E-state index in [4.69, 9.17) is 16.6 Å². The van der Waals surface area contributed by atoms with Crippen LogP contribution in [0.15, 0.2) is 42.6 Å². The summed E-state index contributed by atoms with van der Waals surface area (Å²) in [5, 5.41) is 14.0. The molecule has 3 heterocycles. The molecule has 2 aromatic heterocycles. The molecule has 0 amide bonds. The second-order valence-corrected chi connectivity index (χ2v) is 7.24. The highest BCUT2D eigenvalue weighted by atomic mass is 35.5. The largest absolute Gasteiger partial charge is 0.481 e. The minimum atomic E-state index is -0.730. The molecule has 0 aliphatic carbocycles. The first-order chi connectivity index (χ1) is 13.6. The number of halogens is 1. The number of piperidine rings is 1. The molecule has 0 spiro atoms. The number of anilines is 2. The van der Waals surface area contributed by atoms with Gasteiger partial charge in [-0.25, -0.2) is 4.98 Å². The molecule has 3 aromatic rings. The van der Waals surface area contributed by atoms with Crippen LogP contribution >= 0.6 is 11.6 Å². The second kappa shape index (κ2) is 7.98. The van der Waals surface area contributed by atoms with Crippen LogP contribution in [0.4, 0.5) is 11.8 Å². The molecular weight excluding hydrogens is 378 g/mol. The molecule has 0 atom stereocenters. The smallest absolute Gasteiger partial charge is 0.306 e.